The SMILES string of the molecule is CCOC(C(=O)OC(C)CN(C)C)(c1ccccc1)c1ccccc1.Cl. The van der Waals surface area contributed by atoms with Gasteiger partial charge in [-0.2, -0.15) is 0 Å². The lowest BCUT2D eigenvalue weighted by atomic mass is 9.86. The number of carbonyl (C=O) groups excluding carboxylic acids is 1. The van der Waals surface area contributed by atoms with E-state index in [2.05, 4.69) is 0 Å². The van der Waals surface area contributed by atoms with Crippen LogP contribution in [-0.2, 0) is 19.9 Å². The van der Waals surface area contributed by atoms with E-state index >= 15 is 0 Å². The van der Waals surface area contributed by atoms with Crippen LogP contribution >= 0.6 is 12.4 Å². The van der Waals surface area contributed by atoms with E-state index in [0.29, 0.717) is 13.2 Å². The van der Waals surface area contributed by atoms with Crippen LogP contribution in [0.5, 0.6) is 0 Å². The molecular weight excluding hydrogens is 350 g/mol. The molecule has 0 fully saturated rings. The van der Waals surface area contributed by atoms with E-state index in [1.165, 1.54) is 0 Å². The number of hydrogen-bond acceptors (Lipinski definition) is 4. The Bertz CT molecular complexity index is 622. The van der Waals surface area contributed by atoms with E-state index in [0.717, 1.165) is 11.1 Å². The van der Waals surface area contributed by atoms with Crippen LogP contribution in [-0.4, -0.2) is 44.2 Å². The molecular formula is C21H28ClNO3. The molecule has 0 bridgehead atoms. The molecule has 142 valence electrons. The number of esters is 1. The van der Waals surface area contributed by atoms with Gasteiger partial charge in [0.25, 0.3) is 0 Å². The molecule has 1 unspecified atom stereocenters. The third kappa shape index (κ3) is 5.07. The molecule has 0 aromatic heterocycles. The zero-order valence-electron chi connectivity index (χ0n) is 15.8. The molecule has 5 heteroatoms. The normalized spacial score (nSPS) is 12.3. The van der Waals surface area contributed by atoms with Crippen molar-refractivity contribution in [2.45, 2.75) is 25.6 Å². The molecule has 26 heavy (non-hydrogen) atoms. The van der Waals surface area contributed by atoms with Crippen molar-refractivity contribution < 1.29 is 14.3 Å². The number of hydrogen-bond donors (Lipinski definition) is 0. The maximum absolute atomic E-state index is 13.3. The molecule has 0 spiro atoms. The lowest BCUT2D eigenvalue weighted by molar-refractivity contribution is -0.173. The molecule has 0 radical (unpaired) electrons. The third-order valence-electron chi connectivity index (χ3n) is 3.94. The quantitative estimate of drug-likeness (QED) is 0.654. The van der Waals surface area contributed by atoms with Crippen LogP contribution in [0.2, 0.25) is 0 Å². The van der Waals surface area contributed by atoms with Gasteiger partial charge in [-0.1, -0.05) is 60.7 Å². The summed E-state index contributed by atoms with van der Waals surface area (Å²) in [4.78, 5) is 15.3. The molecule has 0 aliphatic rings. The van der Waals surface area contributed by atoms with Gasteiger partial charge in [-0.05, 0) is 39.1 Å². The van der Waals surface area contributed by atoms with Gasteiger partial charge in [0, 0.05) is 13.2 Å². The fraction of sp³-hybridized carbons (Fsp3) is 0.381. The van der Waals surface area contributed by atoms with Crippen molar-refractivity contribution in [2.24, 2.45) is 0 Å². The first-order valence-electron chi connectivity index (χ1n) is 8.61. The van der Waals surface area contributed by atoms with Crippen molar-refractivity contribution >= 4 is 18.4 Å². The molecule has 0 amide bonds. The second-order valence-corrected chi connectivity index (χ2v) is 6.32. The predicted octanol–water partition coefficient (Wildman–Crippen LogP) is 3.88. The average molecular weight is 378 g/mol. The minimum atomic E-state index is -1.27. The van der Waals surface area contributed by atoms with E-state index in [-0.39, 0.29) is 24.5 Å². The predicted molar refractivity (Wildman–Crippen MR) is 107 cm³/mol. The molecule has 2 rings (SSSR count). The van der Waals surface area contributed by atoms with Gasteiger partial charge >= 0.3 is 5.97 Å². The first-order valence-corrected chi connectivity index (χ1v) is 8.61. The van der Waals surface area contributed by atoms with E-state index in [4.69, 9.17) is 9.47 Å². The number of nitrogens with zero attached hydrogens (tertiary/aromatic N) is 1. The van der Waals surface area contributed by atoms with Crippen LogP contribution in [0.25, 0.3) is 0 Å². The largest absolute Gasteiger partial charge is 0.459 e. The Hall–Kier alpha value is -1.88. The second kappa shape index (κ2) is 10.3. The fourth-order valence-corrected chi connectivity index (χ4v) is 3.01. The topological polar surface area (TPSA) is 38.8 Å². The number of halogens is 1. The van der Waals surface area contributed by atoms with Gasteiger partial charge in [0.2, 0.25) is 5.60 Å². The average Bonchev–Trinajstić information content (AvgIpc) is 2.60. The number of rotatable bonds is 8. The highest BCUT2D eigenvalue weighted by Gasteiger charge is 2.45. The molecule has 4 nitrogen and oxygen atoms in total. The Labute approximate surface area is 162 Å². The number of ether oxygens (including phenoxy) is 2. The van der Waals surface area contributed by atoms with Crippen LogP contribution < -0.4 is 0 Å². The van der Waals surface area contributed by atoms with Gasteiger partial charge in [0.15, 0.2) is 0 Å². The summed E-state index contributed by atoms with van der Waals surface area (Å²) in [7, 11) is 3.91. The molecule has 1 atom stereocenters. The van der Waals surface area contributed by atoms with E-state index < -0.39 is 5.60 Å². The molecule has 0 heterocycles. The van der Waals surface area contributed by atoms with E-state index in [1.54, 1.807) is 0 Å². The molecule has 0 aliphatic carbocycles. The molecule has 0 saturated heterocycles. The first-order chi connectivity index (χ1) is 12.0. The zero-order valence-corrected chi connectivity index (χ0v) is 16.7. The molecule has 0 saturated carbocycles. The summed E-state index contributed by atoms with van der Waals surface area (Å²) < 4.78 is 11.9. The van der Waals surface area contributed by atoms with Crippen molar-refractivity contribution in [2.75, 3.05) is 27.2 Å². The van der Waals surface area contributed by atoms with Crippen LogP contribution in [0.4, 0.5) is 0 Å². The van der Waals surface area contributed by atoms with Crippen molar-refractivity contribution in [1.82, 2.24) is 4.90 Å². The summed E-state index contributed by atoms with van der Waals surface area (Å²) in [6.07, 6.45) is -0.241. The first kappa shape index (κ1) is 22.2. The molecule has 2 aromatic carbocycles. The summed E-state index contributed by atoms with van der Waals surface area (Å²) >= 11 is 0. The van der Waals surface area contributed by atoms with Crippen molar-refractivity contribution in [3.05, 3.63) is 71.8 Å². The van der Waals surface area contributed by atoms with Crippen molar-refractivity contribution in [1.29, 1.82) is 0 Å². The van der Waals surface area contributed by atoms with Gasteiger partial charge in [-0.25, -0.2) is 4.79 Å². The van der Waals surface area contributed by atoms with Gasteiger partial charge in [-0.15, -0.1) is 12.4 Å². The van der Waals surface area contributed by atoms with Crippen molar-refractivity contribution in [3.63, 3.8) is 0 Å². The summed E-state index contributed by atoms with van der Waals surface area (Å²) in [6, 6.07) is 19.1. The maximum Gasteiger partial charge on any atom is 0.348 e. The van der Waals surface area contributed by atoms with Crippen LogP contribution in [0.15, 0.2) is 60.7 Å². The third-order valence-corrected chi connectivity index (χ3v) is 3.94. The van der Waals surface area contributed by atoms with Crippen LogP contribution in [0.1, 0.15) is 25.0 Å². The maximum atomic E-state index is 13.3. The molecule has 0 N–H and O–H groups in total. The van der Waals surface area contributed by atoms with Gasteiger partial charge < -0.3 is 14.4 Å². The highest BCUT2D eigenvalue weighted by atomic mass is 35.5. The zero-order chi connectivity index (χ0) is 18.3. The van der Waals surface area contributed by atoms with E-state index in [9.17, 15) is 4.79 Å². The highest BCUT2D eigenvalue weighted by molar-refractivity contribution is 5.86. The number of likely N-dealkylation sites (N-methyl/N-ethyl adjacent to an activating group) is 1. The second-order valence-electron chi connectivity index (χ2n) is 6.32. The standard InChI is InChI=1S/C21H27NO3.ClH/c1-5-24-21(18-12-8-6-9-13-18,19-14-10-7-11-15-19)20(23)25-17(2)16-22(3)4;/h6-15,17H,5,16H2,1-4H3;1H. The summed E-state index contributed by atoms with van der Waals surface area (Å²) in [5.41, 5.74) is 0.271. The minimum absolute atomic E-state index is 0. The molecule has 0 aliphatic heterocycles. The van der Waals surface area contributed by atoms with Gasteiger partial charge in [0.1, 0.15) is 6.10 Å². The Kier molecular flexibility index (Phi) is 8.79. The Morgan fingerprint density at radius 2 is 1.46 bits per heavy atom. The fourth-order valence-electron chi connectivity index (χ4n) is 3.01. The summed E-state index contributed by atoms with van der Waals surface area (Å²) in [5.74, 6) is -0.388. The molecule has 2 aromatic rings. The Morgan fingerprint density at radius 3 is 1.85 bits per heavy atom. The smallest absolute Gasteiger partial charge is 0.348 e. The summed E-state index contributed by atoms with van der Waals surface area (Å²) in [5, 5.41) is 0. The Morgan fingerprint density at radius 1 is 1.00 bits per heavy atom. The number of benzene rings is 2. The van der Waals surface area contributed by atoms with Gasteiger partial charge in [0.05, 0.1) is 0 Å². The Balaban J connectivity index is 0.00000338. The van der Waals surface area contributed by atoms with Crippen molar-refractivity contribution in [3.8, 4) is 0 Å². The summed E-state index contributed by atoms with van der Waals surface area (Å²) in [6.45, 7) is 4.82. The lowest BCUT2D eigenvalue weighted by Gasteiger charge is -2.33. The number of carbonyl (C=O) groups is 1. The highest BCUT2D eigenvalue weighted by Crippen LogP contribution is 2.35. The van der Waals surface area contributed by atoms with Crippen LogP contribution in [0, 0.1) is 0 Å². The minimum Gasteiger partial charge on any atom is -0.459 e. The van der Waals surface area contributed by atoms with Gasteiger partial charge in [-0.3, -0.25) is 0 Å². The van der Waals surface area contributed by atoms with Crippen LogP contribution in [0.3, 0.4) is 0 Å². The monoisotopic (exact) mass is 377 g/mol. The lowest BCUT2D eigenvalue weighted by Crippen LogP contribution is -2.44. The van der Waals surface area contributed by atoms with E-state index in [1.807, 2.05) is 93.5 Å².